The van der Waals surface area contributed by atoms with Crippen molar-refractivity contribution in [3.05, 3.63) is 46.3 Å². The minimum atomic E-state index is -3.78. The number of methoxy groups -OCH3 is 1. The van der Waals surface area contributed by atoms with Gasteiger partial charge in [-0.25, -0.2) is 16.8 Å². The van der Waals surface area contributed by atoms with Crippen LogP contribution in [0.4, 0.5) is 0 Å². The third-order valence-corrected chi connectivity index (χ3v) is 10.2. The molecule has 0 amide bonds. The lowest BCUT2D eigenvalue weighted by Crippen LogP contribution is -2.42. The van der Waals surface area contributed by atoms with Gasteiger partial charge in [0, 0.05) is 12.6 Å². The summed E-state index contributed by atoms with van der Waals surface area (Å²) in [6.07, 6.45) is 0. The van der Waals surface area contributed by atoms with E-state index in [0.29, 0.717) is 16.6 Å². The topological polar surface area (TPSA) is 89.5 Å². The van der Waals surface area contributed by atoms with Crippen LogP contribution in [0.2, 0.25) is 4.34 Å². The Morgan fingerprint density at radius 3 is 2.46 bits per heavy atom. The highest BCUT2D eigenvalue weighted by atomic mass is 35.5. The van der Waals surface area contributed by atoms with Crippen molar-refractivity contribution in [1.29, 1.82) is 0 Å². The van der Waals surface area contributed by atoms with Crippen LogP contribution in [0.25, 0.3) is 0 Å². The first-order valence-electron chi connectivity index (χ1n) is 7.77. The van der Waals surface area contributed by atoms with Crippen LogP contribution < -0.4 is 10.1 Å². The Hall–Kier alpha value is -1.13. The molecule has 0 spiro atoms. The summed E-state index contributed by atoms with van der Waals surface area (Å²) in [6.45, 7) is 0.362. The van der Waals surface area contributed by atoms with Crippen LogP contribution in [-0.4, -0.2) is 46.7 Å². The summed E-state index contributed by atoms with van der Waals surface area (Å²) in [6, 6.07) is 9.54. The second kappa shape index (κ2) is 7.47. The fourth-order valence-electron chi connectivity index (χ4n) is 2.90. The Morgan fingerprint density at radius 1 is 1.19 bits per heavy atom. The van der Waals surface area contributed by atoms with Gasteiger partial charge < -0.3 is 10.1 Å². The van der Waals surface area contributed by atoms with Crippen molar-refractivity contribution >= 4 is 42.6 Å². The minimum Gasteiger partial charge on any atom is -0.497 e. The van der Waals surface area contributed by atoms with Crippen LogP contribution in [0.5, 0.6) is 5.75 Å². The predicted octanol–water partition coefficient (Wildman–Crippen LogP) is 2.14. The third-order valence-electron chi connectivity index (χ3n) is 4.26. The molecule has 2 atom stereocenters. The number of hydrogen-bond donors (Lipinski definition) is 1. The highest BCUT2D eigenvalue weighted by molar-refractivity contribution is 7.97. The van der Waals surface area contributed by atoms with E-state index in [-0.39, 0.29) is 15.7 Å². The van der Waals surface area contributed by atoms with E-state index in [2.05, 4.69) is 5.32 Å². The summed E-state index contributed by atoms with van der Waals surface area (Å²) in [5, 5.41) is 2.07. The Bertz CT molecular complexity index is 983. The first-order valence-corrected chi connectivity index (χ1v) is 12.3. The molecule has 1 aliphatic rings. The fraction of sp³-hybridized carbons (Fsp3) is 0.375. The quantitative estimate of drug-likeness (QED) is 0.747. The van der Waals surface area contributed by atoms with Crippen molar-refractivity contribution < 1.29 is 21.6 Å². The van der Waals surface area contributed by atoms with Gasteiger partial charge in [-0.05, 0) is 29.8 Å². The van der Waals surface area contributed by atoms with Gasteiger partial charge in [-0.3, -0.25) is 0 Å². The Morgan fingerprint density at radius 2 is 1.88 bits per heavy atom. The molecular formula is C16H18ClNO5S3. The fourth-order valence-corrected chi connectivity index (χ4v) is 9.33. The van der Waals surface area contributed by atoms with Gasteiger partial charge in [0.1, 0.15) is 9.96 Å². The van der Waals surface area contributed by atoms with Crippen molar-refractivity contribution in [2.75, 3.05) is 18.6 Å². The van der Waals surface area contributed by atoms with Gasteiger partial charge in [0.25, 0.3) is 0 Å². The summed E-state index contributed by atoms with van der Waals surface area (Å²) in [5.41, 5.74) is 0.908. The van der Waals surface area contributed by atoms with Crippen molar-refractivity contribution in [2.24, 2.45) is 0 Å². The van der Waals surface area contributed by atoms with Crippen molar-refractivity contribution in [3.8, 4) is 5.75 Å². The first-order chi connectivity index (χ1) is 12.2. The summed E-state index contributed by atoms with van der Waals surface area (Å²) < 4.78 is 55.5. The molecule has 2 aromatic rings. The van der Waals surface area contributed by atoms with Gasteiger partial charge in [-0.15, -0.1) is 11.3 Å². The monoisotopic (exact) mass is 435 g/mol. The van der Waals surface area contributed by atoms with Crippen LogP contribution >= 0.6 is 22.9 Å². The van der Waals surface area contributed by atoms with E-state index < -0.39 is 31.0 Å². The normalized spacial score (nSPS) is 22.4. The molecule has 26 heavy (non-hydrogen) atoms. The number of rotatable bonds is 6. The number of benzene rings is 1. The summed E-state index contributed by atoms with van der Waals surface area (Å²) in [7, 11) is -5.64. The van der Waals surface area contributed by atoms with Crippen LogP contribution in [0.15, 0.2) is 40.6 Å². The van der Waals surface area contributed by atoms with Crippen LogP contribution in [0.3, 0.4) is 0 Å². The molecule has 10 heteroatoms. The van der Waals surface area contributed by atoms with Gasteiger partial charge >= 0.3 is 0 Å². The molecule has 1 aromatic heterocycles. The SMILES string of the molecule is COc1ccc(CN[C@H]2CS(=O)(=O)C[C@@H]2S(=O)(=O)c2ccc(Cl)s2)cc1. The number of sulfone groups is 2. The highest BCUT2D eigenvalue weighted by Crippen LogP contribution is 2.32. The van der Waals surface area contributed by atoms with Gasteiger partial charge in [0.15, 0.2) is 19.7 Å². The smallest absolute Gasteiger partial charge is 0.193 e. The molecule has 1 N–H and O–H groups in total. The van der Waals surface area contributed by atoms with Crippen LogP contribution in [0, 0.1) is 0 Å². The number of hydrogen-bond acceptors (Lipinski definition) is 7. The summed E-state index contributed by atoms with van der Waals surface area (Å²) >= 11 is 6.78. The molecule has 0 aliphatic carbocycles. The number of thiophene rings is 1. The molecule has 0 unspecified atom stereocenters. The molecule has 6 nitrogen and oxygen atoms in total. The second-order valence-electron chi connectivity index (χ2n) is 6.05. The molecule has 142 valence electrons. The molecule has 1 saturated heterocycles. The van der Waals surface area contributed by atoms with Gasteiger partial charge in [-0.1, -0.05) is 23.7 Å². The van der Waals surface area contributed by atoms with E-state index in [4.69, 9.17) is 16.3 Å². The largest absolute Gasteiger partial charge is 0.497 e. The lowest BCUT2D eigenvalue weighted by atomic mass is 10.2. The predicted molar refractivity (Wildman–Crippen MR) is 103 cm³/mol. The molecule has 0 saturated carbocycles. The van der Waals surface area contributed by atoms with E-state index in [9.17, 15) is 16.8 Å². The number of halogens is 1. The maximum absolute atomic E-state index is 12.9. The molecule has 0 bridgehead atoms. The molecule has 2 heterocycles. The van der Waals surface area contributed by atoms with Crippen LogP contribution in [-0.2, 0) is 26.2 Å². The zero-order chi connectivity index (χ0) is 18.9. The van der Waals surface area contributed by atoms with Crippen molar-refractivity contribution in [2.45, 2.75) is 22.0 Å². The zero-order valence-corrected chi connectivity index (χ0v) is 17.1. The number of nitrogens with one attached hydrogen (secondary N) is 1. The highest BCUT2D eigenvalue weighted by Gasteiger charge is 2.46. The molecule has 1 aliphatic heterocycles. The van der Waals surface area contributed by atoms with Gasteiger partial charge in [0.05, 0.1) is 28.2 Å². The first kappa shape index (κ1) is 19.6. The average molecular weight is 436 g/mol. The molecular weight excluding hydrogens is 418 g/mol. The third kappa shape index (κ3) is 4.23. The Labute approximate surface area is 162 Å². The summed E-state index contributed by atoms with van der Waals surface area (Å²) in [4.78, 5) is 0. The van der Waals surface area contributed by atoms with Crippen molar-refractivity contribution in [3.63, 3.8) is 0 Å². The summed E-state index contributed by atoms with van der Waals surface area (Å²) in [5.74, 6) is 0.129. The lowest BCUT2D eigenvalue weighted by molar-refractivity contribution is 0.414. The van der Waals surface area contributed by atoms with Gasteiger partial charge in [-0.2, -0.15) is 0 Å². The van der Waals surface area contributed by atoms with Crippen molar-refractivity contribution in [1.82, 2.24) is 5.32 Å². The Balaban J connectivity index is 1.79. The maximum Gasteiger partial charge on any atom is 0.193 e. The molecule has 3 rings (SSSR count). The standard InChI is InChI=1S/C16H18ClNO5S3/c1-23-12-4-2-11(3-5-12)8-18-13-9-25(19,20)10-14(13)26(21,22)16-7-6-15(17)24-16/h2-7,13-14,18H,8-10H2,1H3/t13-,14-/m0/s1. The van der Waals surface area contributed by atoms with Crippen LogP contribution in [0.1, 0.15) is 5.56 Å². The Kier molecular flexibility index (Phi) is 5.64. The molecule has 1 aromatic carbocycles. The zero-order valence-electron chi connectivity index (χ0n) is 13.9. The maximum atomic E-state index is 12.9. The average Bonchev–Trinajstić information content (AvgIpc) is 3.17. The van der Waals surface area contributed by atoms with E-state index in [0.717, 1.165) is 16.9 Å². The minimum absolute atomic E-state index is 0.0980. The lowest BCUT2D eigenvalue weighted by Gasteiger charge is -2.19. The van der Waals surface area contributed by atoms with E-state index in [1.165, 1.54) is 12.1 Å². The van der Waals surface area contributed by atoms with Gasteiger partial charge in [0.2, 0.25) is 0 Å². The number of ether oxygens (including phenoxy) is 1. The molecule has 1 fully saturated rings. The van der Waals surface area contributed by atoms with E-state index in [1.54, 1.807) is 19.2 Å². The van der Waals surface area contributed by atoms with E-state index in [1.807, 2.05) is 12.1 Å². The second-order valence-corrected chi connectivity index (χ2v) is 12.3. The van der Waals surface area contributed by atoms with E-state index >= 15 is 0 Å². The molecule has 0 radical (unpaired) electrons.